The van der Waals surface area contributed by atoms with Gasteiger partial charge in [-0.3, -0.25) is 4.79 Å². The molecule has 2 aliphatic rings. The molecule has 0 bridgehead atoms. The van der Waals surface area contributed by atoms with Gasteiger partial charge in [-0.15, -0.1) is 11.3 Å². The summed E-state index contributed by atoms with van der Waals surface area (Å²) in [6.07, 6.45) is 1.77. The van der Waals surface area contributed by atoms with Crippen LogP contribution in [0.25, 0.3) is 0 Å². The Labute approximate surface area is 125 Å². The zero-order valence-electron chi connectivity index (χ0n) is 11.1. The maximum Gasteiger partial charge on any atom is 0.345 e. The lowest BCUT2D eigenvalue weighted by Crippen LogP contribution is -2.34. The van der Waals surface area contributed by atoms with E-state index in [2.05, 4.69) is 0 Å². The van der Waals surface area contributed by atoms with Crippen LogP contribution in [0, 0.1) is 5.92 Å². The van der Waals surface area contributed by atoms with E-state index in [0.29, 0.717) is 6.54 Å². The van der Waals surface area contributed by atoms with Crippen LogP contribution in [0.1, 0.15) is 22.5 Å². The smallest absolute Gasteiger partial charge is 0.345 e. The summed E-state index contributed by atoms with van der Waals surface area (Å²) in [5.74, 6) is -1.06. The summed E-state index contributed by atoms with van der Waals surface area (Å²) in [5, 5.41) is 10.2. The minimum atomic E-state index is -3.74. The predicted octanol–water partition coefficient (Wildman–Crippen LogP) is 0.647. The molecule has 1 aromatic heterocycles. The lowest BCUT2D eigenvalue weighted by Gasteiger charge is -2.17. The van der Waals surface area contributed by atoms with Gasteiger partial charge in [-0.1, -0.05) is 0 Å². The number of sulfonamides is 1. The van der Waals surface area contributed by atoms with Gasteiger partial charge in [-0.25, -0.2) is 13.2 Å². The van der Waals surface area contributed by atoms with E-state index in [4.69, 9.17) is 5.11 Å². The van der Waals surface area contributed by atoms with Gasteiger partial charge in [0.25, 0.3) is 0 Å². The lowest BCUT2D eigenvalue weighted by molar-refractivity contribution is -0.131. The average molecular weight is 330 g/mol. The first-order chi connectivity index (χ1) is 9.89. The molecule has 21 heavy (non-hydrogen) atoms. The van der Waals surface area contributed by atoms with Crippen LogP contribution in [0.5, 0.6) is 0 Å². The molecule has 1 N–H and O–H groups in total. The normalized spacial score (nSPS) is 19.9. The van der Waals surface area contributed by atoms with Gasteiger partial charge in [0.15, 0.2) is 0 Å². The molecule has 0 aromatic carbocycles. The summed E-state index contributed by atoms with van der Waals surface area (Å²) >= 11 is 0.879. The zero-order valence-corrected chi connectivity index (χ0v) is 12.7. The van der Waals surface area contributed by atoms with Gasteiger partial charge >= 0.3 is 5.97 Å². The van der Waals surface area contributed by atoms with Gasteiger partial charge < -0.3 is 10.0 Å². The number of aromatic carboxylic acids is 1. The summed E-state index contributed by atoms with van der Waals surface area (Å²) in [4.78, 5) is 24.3. The number of carbonyl (C=O) groups excluding carboxylic acids is 1. The molecule has 1 aliphatic heterocycles. The fourth-order valence-electron chi connectivity index (χ4n) is 2.24. The van der Waals surface area contributed by atoms with E-state index in [0.717, 1.165) is 30.2 Å². The number of nitrogens with zero attached hydrogens (tertiary/aromatic N) is 2. The van der Waals surface area contributed by atoms with Crippen LogP contribution in [0.3, 0.4) is 0 Å². The Bertz CT molecular complexity index is 692. The van der Waals surface area contributed by atoms with Crippen molar-refractivity contribution >= 4 is 33.2 Å². The van der Waals surface area contributed by atoms with Crippen molar-refractivity contribution in [2.75, 3.05) is 19.8 Å². The third kappa shape index (κ3) is 2.68. The number of hydrogen-bond donors (Lipinski definition) is 1. The SMILES string of the molecule is O=C(O)c1cc(S(=O)(=O)N2CCN(C(=O)C3CC3)C2)cs1. The van der Waals surface area contributed by atoms with Crippen LogP contribution in [-0.4, -0.2) is 54.4 Å². The molecule has 1 saturated carbocycles. The maximum atomic E-state index is 12.4. The number of hydrogen-bond acceptors (Lipinski definition) is 5. The van der Waals surface area contributed by atoms with Crippen molar-refractivity contribution in [1.29, 1.82) is 0 Å². The molecule has 114 valence electrons. The molecule has 0 radical (unpaired) electrons. The van der Waals surface area contributed by atoms with Crippen LogP contribution in [0.15, 0.2) is 16.3 Å². The van der Waals surface area contributed by atoms with E-state index < -0.39 is 16.0 Å². The first-order valence-electron chi connectivity index (χ1n) is 6.50. The first kappa shape index (κ1) is 14.5. The van der Waals surface area contributed by atoms with Gasteiger partial charge in [0, 0.05) is 24.4 Å². The highest BCUT2D eigenvalue weighted by molar-refractivity contribution is 7.89. The Morgan fingerprint density at radius 3 is 2.57 bits per heavy atom. The van der Waals surface area contributed by atoms with Gasteiger partial charge in [0.05, 0.1) is 11.6 Å². The van der Waals surface area contributed by atoms with Crippen molar-refractivity contribution in [3.05, 3.63) is 16.3 Å². The molecule has 0 unspecified atom stereocenters. The molecular weight excluding hydrogens is 316 g/mol. The second-order valence-corrected chi connectivity index (χ2v) is 8.00. The lowest BCUT2D eigenvalue weighted by atomic mass is 10.4. The molecule has 1 saturated heterocycles. The van der Waals surface area contributed by atoms with Crippen LogP contribution in [-0.2, 0) is 14.8 Å². The zero-order chi connectivity index (χ0) is 15.2. The van der Waals surface area contributed by atoms with Crippen molar-refractivity contribution in [1.82, 2.24) is 9.21 Å². The summed E-state index contributed by atoms with van der Waals surface area (Å²) in [5.41, 5.74) is 0. The van der Waals surface area contributed by atoms with Gasteiger partial charge in [0.2, 0.25) is 15.9 Å². The Morgan fingerprint density at radius 1 is 1.29 bits per heavy atom. The second-order valence-electron chi connectivity index (χ2n) is 5.15. The quantitative estimate of drug-likeness (QED) is 0.874. The molecule has 0 spiro atoms. The molecular formula is C12H14N2O5S2. The van der Waals surface area contributed by atoms with Crippen LogP contribution >= 0.6 is 11.3 Å². The molecule has 1 aromatic rings. The number of amides is 1. The van der Waals surface area contributed by atoms with E-state index in [1.807, 2.05) is 0 Å². The number of carboxylic acid groups (broad SMARTS) is 1. The minimum absolute atomic E-state index is 0.0151. The van der Waals surface area contributed by atoms with Crippen molar-refractivity contribution in [3.8, 4) is 0 Å². The number of carbonyl (C=O) groups is 2. The highest BCUT2D eigenvalue weighted by atomic mass is 32.2. The first-order valence-corrected chi connectivity index (χ1v) is 8.82. The monoisotopic (exact) mass is 330 g/mol. The fraction of sp³-hybridized carbons (Fsp3) is 0.500. The van der Waals surface area contributed by atoms with Crippen molar-refractivity contribution in [2.45, 2.75) is 17.7 Å². The van der Waals surface area contributed by atoms with E-state index in [1.54, 1.807) is 4.90 Å². The minimum Gasteiger partial charge on any atom is -0.477 e. The van der Waals surface area contributed by atoms with Crippen molar-refractivity contribution < 1.29 is 23.1 Å². The third-order valence-electron chi connectivity index (χ3n) is 3.61. The number of rotatable bonds is 4. The summed E-state index contributed by atoms with van der Waals surface area (Å²) < 4.78 is 26.1. The molecule has 7 nitrogen and oxygen atoms in total. The Kier molecular flexibility index (Phi) is 3.50. The molecule has 3 rings (SSSR count). The molecule has 1 aliphatic carbocycles. The maximum absolute atomic E-state index is 12.4. The fourth-order valence-corrected chi connectivity index (χ4v) is 4.73. The van der Waals surface area contributed by atoms with E-state index in [9.17, 15) is 18.0 Å². The molecule has 2 heterocycles. The summed E-state index contributed by atoms with van der Waals surface area (Å²) in [6.45, 7) is 0.694. The predicted molar refractivity (Wildman–Crippen MR) is 74.5 cm³/mol. The van der Waals surface area contributed by atoms with Crippen LogP contribution in [0.2, 0.25) is 0 Å². The van der Waals surface area contributed by atoms with E-state index in [-0.39, 0.29) is 34.8 Å². The molecule has 2 fully saturated rings. The van der Waals surface area contributed by atoms with Gasteiger partial charge in [-0.05, 0) is 18.9 Å². The Hall–Kier alpha value is -1.45. The van der Waals surface area contributed by atoms with Gasteiger partial charge in [0.1, 0.15) is 4.88 Å². The Balaban J connectivity index is 1.75. The highest BCUT2D eigenvalue weighted by Gasteiger charge is 2.39. The van der Waals surface area contributed by atoms with E-state index >= 15 is 0 Å². The number of carboxylic acids is 1. The van der Waals surface area contributed by atoms with Crippen LogP contribution < -0.4 is 0 Å². The second kappa shape index (κ2) is 5.08. The molecule has 1 amide bonds. The summed E-state index contributed by atoms with van der Waals surface area (Å²) in [7, 11) is -3.74. The molecule has 0 atom stereocenters. The average Bonchev–Trinajstić information content (AvgIpc) is 2.95. The molecule has 9 heteroatoms. The summed E-state index contributed by atoms with van der Waals surface area (Å²) in [6, 6.07) is 1.16. The Morgan fingerprint density at radius 2 is 2.00 bits per heavy atom. The largest absolute Gasteiger partial charge is 0.477 e. The van der Waals surface area contributed by atoms with Crippen molar-refractivity contribution in [3.63, 3.8) is 0 Å². The highest BCUT2D eigenvalue weighted by Crippen LogP contribution is 2.32. The topological polar surface area (TPSA) is 95.0 Å². The third-order valence-corrected chi connectivity index (χ3v) is 6.49. The van der Waals surface area contributed by atoms with Crippen LogP contribution in [0.4, 0.5) is 0 Å². The van der Waals surface area contributed by atoms with E-state index in [1.165, 1.54) is 9.69 Å². The standard InChI is InChI=1S/C12H14N2O5S2/c15-11(8-1-2-8)13-3-4-14(7-13)21(18,19)9-5-10(12(16)17)20-6-9/h5-6,8H,1-4,7H2,(H,16,17). The van der Waals surface area contributed by atoms with Gasteiger partial charge in [-0.2, -0.15) is 4.31 Å². The van der Waals surface area contributed by atoms with Crippen molar-refractivity contribution in [2.24, 2.45) is 5.92 Å². The number of thiophene rings is 1.